The zero-order valence-electron chi connectivity index (χ0n) is 25.9. The molecular formula is C34H61NO5. The minimum Gasteiger partial charge on any atom is -0.480 e. The van der Waals surface area contributed by atoms with Gasteiger partial charge in [-0.25, -0.2) is 0 Å². The van der Waals surface area contributed by atoms with Gasteiger partial charge in [0.05, 0.1) is 0 Å². The fourth-order valence-electron chi connectivity index (χ4n) is 4.67. The predicted molar refractivity (Wildman–Crippen MR) is 166 cm³/mol. The molecule has 0 spiro atoms. The average molecular weight is 564 g/mol. The maximum Gasteiger partial charge on any atom is 0.322 e. The third-order valence-electron chi connectivity index (χ3n) is 7.13. The number of carboxylic acid groups (broad SMARTS) is 1. The smallest absolute Gasteiger partial charge is 0.322 e. The molecule has 0 aliphatic carbocycles. The lowest BCUT2D eigenvalue weighted by Crippen LogP contribution is -2.28. The Bertz CT molecular complexity index is 673. The largest absolute Gasteiger partial charge is 0.480 e. The van der Waals surface area contributed by atoms with Crippen LogP contribution < -0.4 is 5.32 Å². The molecule has 0 aliphatic rings. The number of carbonyl (C=O) groups excluding carboxylic acids is 2. The van der Waals surface area contributed by atoms with Crippen LogP contribution in [0.3, 0.4) is 0 Å². The molecule has 6 heteroatoms. The zero-order chi connectivity index (χ0) is 29.5. The molecule has 0 aliphatic heterocycles. The standard InChI is InChI=1S/C34H61NO5/c1-3-5-7-9-11-12-13-14-16-18-22-26-31(40-34(39)29-25-21-15-10-8-6-4-2)27-23-19-17-20-24-28-32(36)35-30-33(37)38/h11-12,14,16,31H,3-10,13,15,17-30H2,1-2H3,(H,35,36)(H,37,38)/b12-11-,16-14-. The second kappa shape index (κ2) is 29.9. The Hall–Kier alpha value is -2.11. The van der Waals surface area contributed by atoms with E-state index in [-0.39, 0.29) is 24.5 Å². The van der Waals surface area contributed by atoms with Gasteiger partial charge in [-0.1, -0.05) is 109 Å². The number of esters is 1. The first-order valence-corrected chi connectivity index (χ1v) is 16.5. The van der Waals surface area contributed by atoms with Crippen LogP contribution in [0, 0.1) is 0 Å². The van der Waals surface area contributed by atoms with Crippen LogP contribution in [0.2, 0.25) is 0 Å². The molecule has 0 aromatic heterocycles. The molecule has 0 saturated heterocycles. The van der Waals surface area contributed by atoms with Crippen molar-refractivity contribution in [1.82, 2.24) is 5.32 Å². The molecule has 1 atom stereocenters. The Morgan fingerprint density at radius 1 is 0.650 bits per heavy atom. The minimum atomic E-state index is -1.02. The lowest BCUT2D eigenvalue weighted by molar-refractivity contribution is -0.150. The first-order chi connectivity index (χ1) is 19.5. The average Bonchev–Trinajstić information content (AvgIpc) is 2.93. The Labute approximate surface area is 245 Å². The monoisotopic (exact) mass is 563 g/mol. The van der Waals surface area contributed by atoms with Gasteiger partial charge in [-0.05, 0) is 64.2 Å². The summed E-state index contributed by atoms with van der Waals surface area (Å²) < 4.78 is 5.92. The summed E-state index contributed by atoms with van der Waals surface area (Å²) >= 11 is 0. The number of nitrogens with one attached hydrogen (secondary N) is 1. The first-order valence-electron chi connectivity index (χ1n) is 16.5. The number of ether oxygens (including phenoxy) is 1. The Morgan fingerprint density at radius 2 is 1.18 bits per heavy atom. The van der Waals surface area contributed by atoms with Crippen molar-refractivity contribution in [2.75, 3.05) is 6.54 Å². The van der Waals surface area contributed by atoms with Crippen LogP contribution in [0.5, 0.6) is 0 Å². The molecule has 0 radical (unpaired) electrons. The highest BCUT2D eigenvalue weighted by Gasteiger charge is 2.14. The molecule has 2 N–H and O–H groups in total. The summed E-state index contributed by atoms with van der Waals surface area (Å²) in [4.78, 5) is 34.6. The molecule has 232 valence electrons. The van der Waals surface area contributed by atoms with Gasteiger partial charge in [-0.15, -0.1) is 0 Å². The van der Waals surface area contributed by atoms with Crippen LogP contribution in [0.25, 0.3) is 0 Å². The molecule has 0 aromatic rings. The van der Waals surface area contributed by atoms with Crippen LogP contribution in [0.15, 0.2) is 24.3 Å². The third kappa shape index (κ3) is 28.9. The van der Waals surface area contributed by atoms with Crippen molar-refractivity contribution in [2.24, 2.45) is 0 Å². The van der Waals surface area contributed by atoms with Gasteiger partial charge in [0.25, 0.3) is 0 Å². The number of amides is 1. The number of carbonyl (C=O) groups is 3. The van der Waals surface area contributed by atoms with Gasteiger partial charge in [-0.2, -0.15) is 0 Å². The topological polar surface area (TPSA) is 92.7 Å². The number of carboxylic acids is 1. The zero-order valence-corrected chi connectivity index (χ0v) is 25.9. The number of hydrogen-bond donors (Lipinski definition) is 2. The summed E-state index contributed by atoms with van der Waals surface area (Å²) in [7, 11) is 0. The number of rotatable bonds is 29. The van der Waals surface area contributed by atoms with Gasteiger partial charge in [-0.3, -0.25) is 14.4 Å². The molecule has 0 fully saturated rings. The van der Waals surface area contributed by atoms with E-state index < -0.39 is 5.97 Å². The number of aliphatic carboxylic acids is 1. The van der Waals surface area contributed by atoms with Crippen molar-refractivity contribution in [3.8, 4) is 0 Å². The quantitative estimate of drug-likeness (QED) is 0.0537. The molecule has 0 bridgehead atoms. The van der Waals surface area contributed by atoms with E-state index in [0.717, 1.165) is 77.0 Å². The van der Waals surface area contributed by atoms with E-state index in [1.807, 2.05) is 0 Å². The first kappa shape index (κ1) is 37.9. The Kier molecular flexibility index (Phi) is 28.3. The van der Waals surface area contributed by atoms with Crippen molar-refractivity contribution in [2.45, 2.75) is 168 Å². The Balaban J connectivity index is 4.26. The maximum absolute atomic E-state index is 12.5. The molecule has 1 unspecified atom stereocenters. The highest BCUT2D eigenvalue weighted by molar-refractivity contribution is 5.80. The van der Waals surface area contributed by atoms with Gasteiger partial charge in [0, 0.05) is 12.8 Å². The number of hydrogen-bond acceptors (Lipinski definition) is 4. The molecule has 0 aromatic carbocycles. The summed E-state index contributed by atoms with van der Waals surface area (Å²) in [5.41, 5.74) is 0. The van der Waals surface area contributed by atoms with Crippen molar-refractivity contribution in [1.29, 1.82) is 0 Å². The van der Waals surface area contributed by atoms with E-state index in [4.69, 9.17) is 9.84 Å². The third-order valence-corrected chi connectivity index (χ3v) is 7.13. The molecule has 6 nitrogen and oxygen atoms in total. The van der Waals surface area contributed by atoms with E-state index in [1.54, 1.807) is 0 Å². The SMILES string of the molecule is CCCCC/C=C\C/C=C\CCCC(CCCCCCCC(=O)NCC(=O)O)OC(=O)CCCCCCCCC. The van der Waals surface area contributed by atoms with Crippen molar-refractivity contribution in [3.63, 3.8) is 0 Å². The van der Waals surface area contributed by atoms with E-state index in [0.29, 0.717) is 12.8 Å². The van der Waals surface area contributed by atoms with Gasteiger partial charge in [0.2, 0.25) is 5.91 Å². The molecule has 0 rings (SSSR count). The second-order valence-corrected chi connectivity index (χ2v) is 11.1. The van der Waals surface area contributed by atoms with Crippen LogP contribution in [0.1, 0.15) is 162 Å². The molecular weight excluding hydrogens is 502 g/mol. The van der Waals surface area contributed by atoms with E-state index >= 15 is 0 Å². The van der Waals surface area contributed by atoms with E-state index in [1.165, 1.54) is 57.8 Å². The van der Waals surface area contributed by atoms with Crippen LogP contribution >= 0.6 is 0 Å². The Morgan fingerprint density at radius 3 is 1.82 bits per heavy atom. The maximum atomic E-state index is 12.5. The van der Waals surface area contributed by atoms with Crippen LogP contribution in [-0.4, -0.2) is 35.6 Å². The van der Waals surface area contributed by atoms with Gasteiger partial charge < -0.3 is 15.2 Å². The molecule has 0 saturated carbocycles. The molecule has 0 heterocycles. The fourth-order valence-corrected chi connectivity index (χ4v) is 4.67. The van der Waals surface area contributed by atoms with Gasteiger partial charge in [0.1, 0.15) is 12.6 Å². The molecule has 40 heavy (non-hydrogen) atoms. The van der Waals surface area contributed by atoms with Crippen LogP contribution in [0.4, 0.5) is 0 Å². The van der Waals surface area contributed by atoms with Crippen molar-refractivity contribution < 1.29 is 24.2 Å². The summed E-state index contributed by atoms with van der Waals surface area (Å²) in [6, 6.07) is 0. The minimum absolute atomic E-state index is 0.00860. The fraction of sp³-hybridized carbons (Fsp3) is 0.794. The summed E-state index contributed by atoms with van der Waals surface area (Å²) in [6.45, 7) is 4.14. The number of unbranched alkanes of at least 4 members (excludes halogenated alkanes) is 14. The second-order valence-electron chi connectivity index (χ2n) is 11.1. The lowest BCUT2D eigenvalue weighted by Gasteiger charge is -2.18. The highest BCUT2D eigenvalue weighted by Crippen LogP contribution is 2.17. The summed E-state index contributed by atoms with van der Waals surface area (Å²) in [6.07, 6.45) is 32.9. The van der Waals surface area contributed by atoms with Crippen LogP contribution in [-0.2, 0) is 19.1 Å². The van der Waals surface area contributed by atoms with Crippen molar-refractivity contribution >= 4 is 17.8 Å². The molecule has 1 amide bonds. The summed E-state index contributed by atoms with van der Waals surface area (Å²) in [5, 5.41) is 11.0. The highest BCUT2D eigenvalue weighted by atomic mass is 16.5. The number of allylic oxidation sites excluding steroid dienone is 4. The summed E-state index contributed by atoms with van der Waals surface area (Å²) in [5.74, 6) is -1.27. The van der Waals surface area contributed by atoms with Gasteiger partial charge >= 0.3 is 11.9 Å². The predicted octanol–water partition coefficient (Wildman–Crippen LogP) is 9.22. The van der Waals surface area contributed by atoms with E-state index in [2.05, 4.69) is 43.5 Å². The van der Waals surface area contributed by atoms with Gasteiger partial charge in [0.15, 0.2) is 0 Å². The van der Waals surface area contributed by atoms with Crippen molar-refractivity contribution in [3.05, 3.63) is 24.3 Å². The normalized spacial score (nSPS) is 12.2. The lowest BCUT2D eigenvalue weighted by atomic mass is 10.0. The van der Waals surface area contributed by atoms with E-state index in [9.17, 15) is 14.4 Å².